The first-order valence-corrected chi connectivity index (χ1v) is 13.0. The van der Waals surface area contributed by atoms with Crippen molar-refractivity contribution in [2.75, 3.05) is 31.2 Å². The molecule has 0 saturated carbocycles. The molecule has 0 unspecified atom stereocenters. The average molecular weight is 494 g/mol. The number of benzene rings is 2. The van der Waals surface area contributed by atoms with Crippen molar-refractivity contribution in [2.24, 2.45) is 0 Å². The highest BCUT2D eigenvalue weighted by atomic mass is 16.7. The third-order valence-electron chi connectivity index (χ3n) is 7.47. The van der Waals surface area contributed by atoms with E-state index in [0.29, 0.717) is 19.6 Å². The van der Waals surface area contributed by atoms with Crippen LogP contribution < -0.4 is 4.90 Å². The number of ketones is 1. The summed E-state index contributed by atoms with van der Waals surface area (Å²) in [6.45, 7) is 5.08. The smallest absolute Gasteiger partial charge is 0.171 e. The van der Waals surface area contributed by atoms with Crippen LogP contribution in [-0.2, 0) is 15.9 Å². The summed E-state index contributed by atoms with van der Waals surface area (Å²) in [6, 6.07) is 26.5. The van der Waals surface area contributed by atoms with Crippen LogP contribution in [-0.4, -0.2) is 47.4 Å². The molecule has 0 atom stereocenters. The fraction of sp³-hybridized carbons (Fsp3) is 0.290. The van der Waals surface area contributed by atoms with E-state index >= 15 is 0 Å². The van der Waals surface area contributed by atoms with Crippen LogP contribution in [0.2, 0.25) is 0 Å². The number of hydrogen-bond acceptors (Lipinski definition) is 5. The van der Waals surface area contributed by atoms with E-state index in [4.69, 9.17) is 14.5 Å². The number of rotatable bonds is 6. The van der Waals surface area contributed by atoms with E-state index in [1.807, 2.05) is 67.7 Å². The average Bonchev–Trinajstić information content (AvgIpc) is 3.55. The Hall–Kier alpha value is -3.74. The topological polar surface area (TPSA) is 56.6 Å². The number of nitrogens with zero attached hydrogens (tertiary/aromatic N) is 3. The minimum absolute atomic E-state index is 0.0920. The van der Waals surface area contributed by atoms with Crippen LogP contribution in [0, 0.1) is 6.92 Å². The van der Waals surface area contributed by atoms with Crippen molar-refractivity contribution in [2.45, 2.75) is 32.0 Å². The van der Waals surface area contributed by atoms with E-state index in [1.165, 1.54) is 0 Å². The lowest BCUT2D eigenvalue weighted by Gasteiger charge is -2.38. The van der Waals surface area contributed by atoms with Gasteiger partial charge < -0.3 is 18.9 Å². The lowest BCUT2D eigenvalue weighted by molar-refractivity contribution is -0.169. The Morgan fingerprint density at radius 1 is 0.919 bits per heavy atom. The number of aromatic nitrogens is 2. The molecule has 6 heteroatoms. The van der Waals surface area contributed by atoms with Crippen LogP contribution in [0.25, 0.3) is 16.9 Å². The highest BCUT2D eigenvalue weighted by Crippen LogP contribution is 2.33. The lowest BCUT2D eigenvalue weighted by Crippen LogP contribution is -2.45. The van der Waals surface area contributed by atoms with Crippen molar-refractivity contribution in [3.05, 3.63) is 102 Å². The Kier molecular flexibility index (Phi) is 6.37. The Labute approximate surface area is 217 Å². The molecule has 2 aliphatic heterocycles. The normalized spacial score (nSPS) is 16.8. The highest BCUT2D eigenvalue weighted by molar-refractivity contribution is 6.00. The zero-order chi connectivity index (χ0) is 25.2. The number of para-hydroxylation sites is 1. The van der Waals surface area contributed by atoms with Gasteiger partial charge in [0, 0.05) is 55.5 Å². The van der Waals surface area contributed by atoms with Crippen molar-refractivity contribution in [3.63, 3.8) is 0 Å². The SMILES string of the molecule is Cc1c(C(=O)Cc2ccc(N3CCC4(CC3)OCCO4)nc2)cc(-c2ccccc2)n1-c1ccccc1. The third-order valence-corrected chi connectivity index (χ3v) is 7.47. The Balaban J connectivity index is 1.21. The van der Waals surface area contributed by atoms with E-state index in [9.17, 15) is 4.79 Å². The van der Waals surface area contributed by atoms with Gasteiger partial charge in [0.1, 0.15) is 5.82 Å². The second-order valence-electron chi connectivity index (χ2n) is 9.78. The zero-order valence-corrected chi connectivity index (χ0v) is 21.1. The standard InChI is InChI=1S/C31H31N3O3/c1-23-27(21-28(25-8-4-2-5-9-25)34(23)26-10-6-3-7-11-26)29(35)20-24-12-13-30(32-22-24)33-16-14-31(15-17-33)36-18-19-37-31/h2-13,21-22H,14-20H2,1H3. The molecular formula is C31H31N3O3. The van der Waals surface area contributed by atoms with Gasteiger partial charge in [0.05, 0.1) is 18.9 Å². The van der Waals surface area contributed by atoms with Gasteiger partial charge in [-0.25, -0.2) is 4.98 Å². The van der Waals surface area contributed by atoms with E-state index in [2.05, 4.69) is 33.7 Å². The Morgan fingerprint density at radius 2 is 1.59 bits per heavy atom. The predicted octanol–water partition coefficient (Wildman–Crippen LogP) is 5.62. The monoisotopic (exact) mass is 493 g/mol. The molecule has 2 aromatic carbocycles. The van der Waals surface area contributed by atoms with Gasteiger partial charge in [0.15, 0.2) is 11.6 Å². The molecule has 2 aliphatic rings. The summed E-state index contributed by atoms with van der Waals surface area (Å²) >= 11 is 0. The minimum Gasteiger partial charge on any atom is -0.356 e. The first-order chi connectivity index (χ1) is 18.1. The summed E-state index contributed by atoms with van der Waals surface area (Å²) in [5, 5.41) is 0. The Bertz CT molecular complexity index is 1360. The highest BCUT2D eigenvalue weighted by Gasteiger charge is 2.40. The van der Waals surface area contributed by atoms with Gasteiger partial charge in [-0.3, -0.25) is 4.79 Å². The maximum Gasteiger partial charge on any atom is 0.171 e. The van der Waals surface area contributed by atoms with E-state index < -0.39 is 5.79 Å². The molecule has 0 radical (unpaired) electrons. The summed E-state index contributed by atoms with van der Waals surface area (Å²) in [5.41, 5.74) is 5.73. The second-order valence-corrected chi connectivity index (χ2v) is 9.78. The molecule has 37 heavy (non-hydrogen) atoms. The van der Waals surface area contributed by atoms with Crippen molar-refractivity contribution >= 4 is 11.6 Å². The van der Waals surface area contributed by atoms with Crippen LogP contribution in [0.5, 0.6) is 0 Å². The molecule has 4 heterocycles. The number of pyridine rings is 1. The lowest BCUT2D eigenvalue weighted by atomic mass is 10.0. The van der Waals surface area contributed by atoms with Crippen LogP contribution in [0.4, 0.5) is 5.82 Å². The quantitative estimate of drug-likeness (QED) is 0.327. The molecule has 188 valence electrons. The van der Waals surface area contributed by atoms with Gasteiger partial charge in [-0.1, -0.05) is 54.6 Å². The molecule has 0 amide bonds. The van der Waals surface area contributed by atoms with Gasteiger partial charge in [-0.15, -0.1) is 0 Å². The Morgan fingerprint density at radius 3 is 2.24 bits per heavy atom. The van der Waals surface area contributed by atoms with Crippen LogP contribution >= 0.6 is 0 Å². The number of piperidine rings is 1. The molecule has 4 aromatic rings. The molecule has 0 bridgehead atoms. The minimum atomic E-state index is -0.393. The molecule has 1 spiro atoms. The van der Waals surface area contributed by atoms with Crippen LogP contribution in [0.15, 0.2) is 85.1 Å². The van der Waals surface area contributed by atoms with Gasteiger partial charge in [0.2, 0.25) is 0 Å². The first kappa shape index (κ1) is 23.6. The van der Waals surface area contributed by atoms with Gasteiger partial charge in [-0.2, -0.15) is 0 Å². The van der Waals surface area contributed by atoms with Crippen molar-refractivity contribution in [1.82, 2.24) is 9.55 Å². The molecule has 6 rings (SSSR count). The number of carbonyl (C=O) groups is 1. The molecule has 6 nitrogen and oxygen atoms in total. The summed E-state index contributed by atoms with van der Waals surface area (Å²) in [6.07, 6.45) is 3.83. The first-order valence-electron chi connectivity index (χ1n) is 13.0. The fourth-order valence-corrected chi connectivity index (χ4v) is 5.47. The molecule has 2 fully saturated rings. The van der Waals surface area contributed by atoms with E-state index in [0.717, 1.165) is 65.5 Å². The number of hydrogen-bond donors (Lipinski definition) is 0. The number of Topliss-reactive ketones (excluding diaryl/α,β-unsaturated/α-hetero) is 1. The second kappa shape index (κ2) is 9.96. The number of carbonyl (C=O) groups excluding carboxylic acids is 1. The van der Waals surface area contributed by atoms with E-state index in [1.54, 1.807) is 0 Å². The molecule has 2 saturated heterocycles. The largest absolute Gasteiger partial charge is 0.356 e. The predicted molar refractivity (Wildman–Crippen MR) is 144 cm³/mol. The molecule has 0 aliphatic carbocycles. The maximum atomic E-state index is 13.5. The van der Waals surface area contributed by atoms with E-state index in [-0.39, 0.29) is 5.78 Å². The molecular weight excluding hydrogens is 462 g/mol. The fourth-order valence-electron chi connectivity index (χ4n) is 5.47. The maximum absolute atomic E-state index is 13.5. The van der Waals surface area contributed by atoms with Crippen LogP contribution in [0.1, 0.15) is 34.5 Å². The third kappa shape index (κ3) is 4.70. The summed E-state index contributed by atoms with van der Waals surface area (Å²) in [5.74, 6) is 0.631. The summed E-state index contributed by atoms with van der Waals surface area (Å²) < 4.78 is 13.8. The van der Waals surface area contributed by atoms with Crippen molar-refractivity contribution in [3.8, 4) is 16.9 Å². The number of anilines is 1. The van der Waals surface area contributed by atoms with Crippen LogP contribution in [0.3, 0.4) is 0 Å². The summed E-state index contributed by atoms with van der Waals surface area (Å²) in [4.78, 5) is 20.5. The zero-order valence-electron chi connectivity index (χ0n) is 21.1. The molecule has 2 aromatic heterocycles. The van der Waals surface area contributed by atoms with Crippen molar-refractivity contribution < 1.29 is 14.3 Å². The van der Waals surface area contributed by atoms with Gasteiger partial charge in [-0.05, 0) is 42.3 Å². The van der Waals surface area contributed by atoms with Gasteiger partial charge >= 0.3 is 0 Å². The molecule has 0 N–H and O–H groups in total. The number of ether oxygens (including phenoxy) is 2. The summed E-state index contributed by atoms with van der Waals surface area (Å²) in [7, 11) is 0. The van der Waals surface area contributed by atoms with Crippen molar-refractivity contribution in [1.29, 1.82) is 0 Å². The van der Waals surface area contributed by atoms with Gasteiger partial charge in [0.25, 0.3) is 0 Å².